The summed E-state index contributed by atoms with van der Waals surface area (Å²) >= 11 is 3.36. The molecule has 0 aliphatic rings. The minimum absolute atomic E-state index is 0.125. The third kappa shape index (κ3) is 6.52. The molecule has 0 bridgehead atoms. The molecule has 0 aliphatic carbocycles. The van der Waals surface area contributed by atoms with Gasteiger partial charge in [-0.3, -0.25) is 19.7 Å². The lowest BCUT2D eigenvalue weighted by Gasteiger charge is -2.21. The van der Waals surface area contributed by atoms with Crippen LogP contribution in [-0.2, 0) is 10.2 Å². The second-order valence-corrected chi connectivity index (χ2v) is 10.4. The maximum atomic E-state index is 13.4. The largest absolute Gasteiger partial charge is 0.483 e. The molecule has 4 aromatic rings. The standard InChI is InChI=1S/C27H23BrFN5O5/c1-27(2,3)26-32-22-10-4-17(28)13-21(22)25(36)33(26)30-14-16-12-20(34(37)38)9-11-23(16)39-15-24(35)31-19-7-5-18(29)6-8-19/h4-14H,15H2,1-3H3,(H,31,35). The van der Waals surface area contributed by atoms with E-state index in [1.165, 1.54) is 48.7 Å². The van der Waals surface area contributed by atoms with E-state index in [1.54, 1.807) is 18.2 Å². The third-order valence-electron chi connectivity index (χ3n) is 5.48. The monoisotopic (exact) mass is 595 g/mol. The van der Waals surface area contributed by atoms with E-state index in [4.69, 9.17) is 4.74 Å². The first-order valence-corrected chi connectivity index (χ1v) is 12.5. The van der Waals surface area contributed by atoms with Gasteiger partial charge in [-0.1, -0.05) is 36.7 Å². The van der Waals surface area contributed by atoms with Crippen molar-refractivity contribution in [2.24, 2.45) is 5.10 Å². The summed E-state index contributed by atoms with van der Waals surface area (Å²) in [7, 11) is 0. The van der Waals surface area contributed by atoms with Crippen molar-refractivity contribution < 1.29 is 18.8 Å². The number of rotatable bonds is 7. The van der Waals surface area contributed by atoms with E-state index in [1.807, 2.05) is 20.8 Å². The van der Waals surface area contributed by atoms with Crippen molar-refractivity contribution in [2.75, 3.05) is 11.9 Å². The van der Waals surface area contributed by atoms with Crippen molar-refractivity contribution >= 4 is 50.3 Å². The molecule has 12 heteroatoms. The van der Waals surface area contributed by atoms with Gasteiger partial charge in [0.2, 0.25) is 0 Å². The summed E-state index contributed by atoms with van der Waals surface area (Å²) in [5.41, 5.74) is -0.179. The number of nitrogens with one attached hydrogen (secondary N) is 1. The number of carbonyl (C=O) groups is 1. The fraction of sp³-hybridized carbons (Fsp3) is 0.185. The summed E-state index contributed by atoms with van der Waals surface area (Å²) in [4.78, 5) is 41.2. The number of halogens is 2. The normalized spacial score (nSPS) is 11.6. The molecule has 0 saturated carbocycles. The number of ether oxygens (including phenoxy) is 1. The zero-order chi connectivity index (χ0) is 28.3. The quantitative estimate of drug-likeness (QED) is 0.173. The molecular formula is C27H23BrFN5O5. The van der Waals surface area contributed by atoms with Crippen LogP contribution in [0.3, 0.4) is 0 Å². The van der Waals surface area contributed by atoms with Gasteiger partial charge in [-0.25, -0.2) is 9.37 Å². The molecule has 0 unspecified atom stereocenters. The van der Waals surface area contributed by atoms with Crippen LogP contribution in [0.15, 0.2) is 75.0 Å². The maximum absolute atomic E-state index is 13.4. The molecule has 0 atom stereocenters. The number of hydrogen-bond donors (Lipinski definition) is 1. The Hall–Kier alpha value is -4.45. The van der Waals surface area contributed by atoms with Gasteiger partial charge >= 0.3 is 0 Å². The van der Waals surface area contributed by atoms with Crippen LogP contribution in [0.5, 0.6) is 5.75 Å². The number of nitro benzene ring substituents is 1. The number of hydrogen-bond acceptors (Lipinski definition) is 7. The number of nitro groups is 1. The Morgan fingerprint density at radius 2 is 1.90 bits per heavy atom. The summed E-state index contributed by atoms with van der Waals surface area (Å²) < 4.78 is 20.6. The molecule has 1 N–H and O–H groups in total. The highest BCUT2D eigenvalue weighted by Gasteiger charge is 2.23. The van der Waals surface area contributed by atoms with Crippen LogP contribution in [0.2, 0.25) is 0 Å². The van der Waals surface area contributed by atoms with Crippen molar-refractivity contribution in [3.8, 4) is 5.75 Å². The number of carbonyl (C=O) groups excluding carboxylic acids is 1. The summed E-state index contributed by atoms with van der Waals surface area (Å²) in [5, 5.41) is 18.7. The van der Waals surface area contributed by atoms with Crippen LogP contribution in [0, 0.1) is 15.9 Å². The molecule has 1 heterocycles. The van der Waals surface area contributed by atoms with Crippen molar-refractivity contribution in [2.45, 2.75) is 26.2 Å². The Balaban J connectivity index is 1.70. The second kappa shape index (κ2) is 11.1. The van der Waals surface area contributed by atoms with Gasteiger partial charge in [-0.05, 0) is 48.5 Å². The Bertz CT molecular complexity index is 1660. The average Bonchev–Trinajstić information content (AvgIpc) is 2.88. The Kier molecular flexibility index (Phi) is 7.86. The van der Waals surface area contributed by atoms with Gasteiger partial charge in [-0.15, -0.1) is 0 Å². The smallest absolute Gasteiger partial charge is 0.282 e. The Labute approximate surface area is 230 Å². The van der Waals surface area contributed by atoms with E-state index in [0.717, 1.165) is 4.68 Å². The summed E-state index contributed by atoms with van der Waals surface area (Å²) in [5.74, 6) is -0.467. The van der Waals surface area contributed by atoms with Crippen molar-refractivity contribution in [1.82, 2.24) is 9.66 Å². The SMILES string of the molecule is CC(C)(C)c1nc2ccc(Br)cc2c(=O)n1N=Cc1cc([N+](=O)[O-])ccc1OCC(=O)Nc1ccc(F)cc1. The van der Waals surface area contributed by atoms with E-state index in [-0.39, 0.29) is 17.0 Å². The van der Waals surface area contributed by atoms with Crippen molar-refractivity contribution in [1.29, 1.82) is 0 Å². The molecule has 200 valence electrons. The molecule has 1 amide bonds. The van der Waals surface area contributed by atoms with Crippen LogP contribution in [0.1, 0.15) is 32.2 Å². The van der Waals surface area contributed by atoms with Crippen LogP contribution in [-0.4, -0.2) is 33.3 Å². The topological polar surface area (TPSA) is 129 Å². The lowest BCUT2D eigenvalue weighted by atomic mass is 9.95. The first-order chi connectivity index (χ1) is 18.4. The molecule has 3 aromatic carbocycles. The predicted molar refractivity (Wildman–Crippen MR) is 149 cm³/mol. The van der Waals surface area contributed by atoms with E-state index in [9.17, 15) is 24.1 Å². The highest BCUT2D eigenvalue weighted by Crippen LogP contribution is 2.25. The molecule has 0 saturated heterocycles. The number of non-ortho nitro benzene ring substituents is 1. The molecule has 0 radical (unpaired) electrons. The molecule has 0 aliphatic heterocycles. The molecule has 39 heavy (non-hydrogen) atoms. The minimum Gasteiger partial charge on any atom is -0.483 e. The summed E-state index contributed by atoms with van der Waals surface area (Å²) in [6.45, 7) is 5.21. The van der Waals surface area contributed by atoms with Gasteiger partial charge in [0.25, 0.3) is 17.2 Å². The molecule has 1 aromatic heterocycles. The fourth-order valence-corrected chi connectivity index (χ4v) is 3.98. The van der Waals surface area contributed by atoms with Gasteiger partial charge in [-0.2, -0.15) is 9.78 Å². The number of amides is 1. The van der Waals surface area contributed by atoms with Gasteiger partial charge in [0.15, 0.2) is 6.61 Å². The number of benzene rings is 3. The maximum Gasteiger partial charge on any atom is 0.282 e. The molecule has 0 fully saturated rings. The molecular weight excluding hydrogens is 573 g/mol. The average molecular weight is 596 g/mol. The van der Waals surface area contributed by atoms with Crippen LogP contribution in [0.25, 0.3) is 10.9 Å². The van der Waals surface area contributed by atoms with Gasteiger partial charge in [0.1, 0.15) is 17.4 Å². The minimum atomic E-state index is -0.579. The van der Waals surface area contributed by atoms with Crippen LogP contribution >= 0.6 is 15.9 Å². The summed E-state index contributed by atoms with van der Waals surface area (Å²) in [6, 6.07) is 14.2. The fourth-order valence-electron chi connectivity index (χ4n) is 3.62. The zero-order valence-corrected chi connectivity index (χ0v) is 22.7. The van der Waals surface area contributed by atoms with E-state index < -0.39 is 34.2 Å². The lowest BCUT2D eigenvalue weighted by Crippen LogP contribution is -2.29. The number of anilines is 1. The molecule has 10 nitrogen and oxygen atoms in total. The van der Waals surface area contributed by atoms with Crippen molar-refractivity contribution in [3.05, 3.63) is 103 Å². The highest BCUT2D eigenvalue weighted by molar-refractivity contribution is 9.10. The van der Waals surface area contributed by atoms with E-state index in [0.29, 0.717) is 26.9 Å². The molecule has 4 rings (SSSR count). The third-order valence-corrected chi connectivity index (χ3v) is 5.98. The van der Waals surface area contributed by atoms with Gasteiger partial charge in [0.05, 0.1) is 22.0 Å². The Morgan fingerprint density at radius 1 is 1.18 bits per heavy atom. The first kappa shape index (κ1) is 27.6. The zero-order valence-electron chi connectivity index (χ0n) is 21.1. The Morgan fingerprint density at radius 3 is 2.56 bits per heavy atom. The van der Waals surface area contributed by atoms with E-state index in [2.05, 4.69) is 31.3 Å². The van der Waals surface area contributed by atoms with Crippen LogP contribution < -0.4 is 15.6 Å². The second-order valence-electron chi connectivity index (χ2n) is 9.53. The van der Waals surface area contributed by atoms with E-state index >= 15 is 0 Å². The first-order valence-electron chi connectivity index (χ1n) is 11.7. The number of aromatic nitrogens is 2. The number of fused-ring (bicyclic) bond motifs is 1. The van der Waals surface area contributed by atoms with Crippen molar-refractivity contribution in [3.63, 3.8) is 0 Å². The van der Waals surface area contributed by atoms with Gasteiger partial charge in [0, 0.05) is 33.3 Å². The predicted octanol–water partition coefficient (Wildman–Crippen LogP) is 5.40. The summed E-state index contributed by atoms with van der Waals surface area (Å²) in [6.07, 6.45) is 1.25. The molecule has 0 spiro atoms. The highest BCUT2D eigenvalue weighted by atomic mass is 79.9. The lowest BCUT2D eigenvalue weighted by molar-refractivity contribution is -0.384. The van der Waals surface area contributed by atoms with Crippen LogP contribution in [0.4, 0.5) is 15.8 Å². The number of nitrogens with zero attached hydrogens (tertiary/aromatic N) is 4. The van der Waals surface area contributed by atoms with Gasteiger partial charge < -0.3 is 10.1 Å².